The molecule has 0 amide bonds. The molecule has 0 heterocycles. The van der Waals surface area contributed by atoms with Crippen LogP contribution in [0.3, 0.4) is 0 Å². The molecule has 0 saturated carbocycles. The van der Waals surface area contributed by atoms with E-state index in [1.54, 1.807) is 0 Å². The van der Waals surface area contributed by atoms with E-state index in [-0.39, 0.29) is 0 Å². The lowest BCUT2D eigenvalue weighted by Gasteiger charge is -2.07. The third-order valence-electron chi connectivity index (χ3n) is 2.99. The molecule has 0 unspecified atom stereocenters. The highest BCUT2D eigenvalue weighted by molar-refractivity contribution is 7.91. The summed E-state index contributed by atoms with van der Waals surface area (Å²) in [6, 6.07) is 0. The van der Waals surface area contributed by atoms with Crippen molar-refractivity contribution in [3.8, 4) is 0 Å². The van der Waals surface area contributed by atoms with Crippen LogP contribution in [0.1, 0.15) is 64.7 Å². The number of halogens is 3. The highest BCUT2D eigenvalue weighted by Gasteiger charge is 2.45. The minimum atomic E-state index is -5.74. The van der Waals surface area contributed by atoms with Gasteiger partial charge in [0.1, 0.15) is 0 Å². The van der Waals surface area contributed by atoms with E-state index >= 15 is 0 Å². The van der Waals surface area contributed by atoms with Gasteiger partial charge in [-0.15, -0.1) is 0 Å². The van der Waals surface area contributed by atoms with Crippen LogP contribution in [0.5, 0.6) is 0 Å². The van der Waals surface area contributed by atoms with E-state index < -0.39 is 21.4 Å². The zero-order valence-corrected chi connectivity index (χ0v) is 13.5. The lowest BCUT2D eigenvalue weighted by molar-refractivity contribution is -0.211. The van der Waals surface area contributed by atoms with E-state index in [1.165, 1.54) is 31.8 Å². The Morgan fingerprint density at radius 1 is 1.05 bits per heavy atom. The van der Waals surface area contributed by atoms with Crippen molar-refractivity contribution in [1.82, 2.24) is 0 Å². The molecule has 0 aromatic heterocycles. The van der Waals surface area contributed by atoms with Crippen LogP contribution < -0.4 is 5.11 Å². The average Bonchev–Trinajstić information content (AvgIpc) is 2.39. The summed E-state index contributed by atoms with van der Waals surface area (Å²) in [6.45, 7) is 2.15. The molecule has 0 aromatic carbocycles. The Morgan fingerprint density at radius 2 is 1.55 bits per heavy atom. The van der Waals surface area contributed by atoms with Gasteiger partial charge in [0.05, 0.1) is 0 Å². The molecule has 0 fully saturated rings. The normalized spacial score (nSPS) is 13.9. The van der Waals surface area contributed by atoms with E-state index in [0.717, 1.165) is 31.8 Å². The number of hydrogen-bond donors (Lipinski definition) is 0. The topological polar surface area (TPSA) is 69.6 Å². The summed E-state index contributed by atoms with van der Waals surface area (Å²) in [5.41, 5.74) is -5.53. The maximum absolute atomic E-state index is 12.0. The van der Waals surface area contributed by atoms with E-state index in [2.05, 4.69) is 11.3 Å². The van der Waals surface area contributed by atoms with Gasteiger partial charge in [0.25, 0.3) is 0 Å². The summed E-state index contributed by atoms with van der Waals surface area (Å²) >= 11 is 0. The van der Waals surface area contributed by atoms with E-state index in [4.69, 9.17) is 0 Å². The van der Waals surface area contributed by atoms with Gasteiger partial charge in [0.2, 0.25) is 0 Å². The molecule has 0 saturated heterocycles. The summed E-state index contributed by atoms with van der Waals surface area (Å²) in [5, 5.41) is 11.0. The van der Waals surface area contributed by atoms with Crippen LogP contribution in [0.4, 0.5) is 13.2 Å². The Balaban J connectivity index is 3.90. The van der Waals surface area contributed by atoms with Crippen LogP contribution in [-0.2, 0) is 10.0 Å². The zero-order chi connectivity index (χ0) is 17.1. The van der Waals surface area contributed by atoms with Crippen molar-refractivity contribution < 1.29 is 26.7 Å². The number of allylic oxidation sites excluding steroid dienone is 1. The molecule has 4 nitrogen and oxygen atoms in total. The molecule has 0 aliphatic rings. The Labute approximate surface area is 130 Å². The fourth-order valence-electron chi connectivity index (χ4n) is 1.78. The Morgan fingerprint density at radius 3 is 2.05 bits per heavy atom. The molecule has 0 atom stereocenters. The first-order chi connectivity index (χ1) is 10.2. The van der Waals surface area contributed by atoms with Gasteiger partial charge in [-0.1, -0.05) is 64.0 Å². The summed E-state index contributed by atoms with van der Waals surface area (Å²) in [4.78, 5) is 0. The summed E-state index contributed by atoms with van der Waals surface area (Å²) in [7, 11) is -5.74. The highest BCUT2D eigenvalue weighted by atomic mass is 32.2. The second-order valence-electron chi connectivity index (χ2n) is 5.02. The van der Waals surface area contributed by atoms with Crippen molar-refractivity contribution in [3.05, 3.63) is 12.2 Å². The van der Waals surface area contributed by atoms with Crippen molar-refractivity contribution in [2.75, 3.05) is 0 Å². The zero-order valence-electron chi connectivity index (χ0n) is 12.7. The Kier molecular flexibility index (Phi) is 10.1. The summed E-state index contributed by atoms with van der Waals surface area (Å²) < 4.78 is 59.3. The highest BCUT2D eigenvalue weighted by Crippen LogP contribution is 2.24. The summed E-state index contributed by atoms with van der Waals surface area (Å²) in [6.07, 6.45) is 11.5. The van der Waals surface area contributed by atoms with Crippen LogP contribution in [0.2, 0.25) is 0 Å². The van der Waals surface area contributed by atoms with Gasteiger partial charge in [-0.2, -0.15) is 26.0 Å². The lowest BCUT2D eigenvalue weighted by Crippen LogP contribution is -2.25. The van der Waals surface area contributed by atoms with Crippen molar-refractivity contribution in [1.29, 1.82) is 0 Å². The van der Waals surface area contributed by atoms with Crippen LogP contribution in [-0.4, -0.2) is 19.8 Å². The molecule has 0 spiro atoms. The Bertz CT molecular complexity index is 456. The van der Waals surface area contributed by atoms with Gasteiger partial charge in [-0.25, -0.2) is 0 Å². The molecule has 0 N–H and O–H groups in total. The van der Waals surface area contributed by atoms with Crippen LogP contribution >= 0.6 is 0 Å². The van der Waals surface area contributed by atoms with Crippen molar-refractivity contribution in [2.24, 2.45) is 4.40 Å². The molecule has 0 aliphatic carbocycles. The quantitative estimate of drug-likeness (QED) is 0.327. The maximum atomic E-state index is 12.0. The minimum absolute atomic E-state index is 0.516. The molecular weight excluding hydrogens is 319 g/mol. The smallest absolute Gasteiger partial charge is 0.518 e. The van der Waals surface area contributed by atoms with E-state index in [1.807, 2.05) is 0 Å². The molecule has 22 heavy (non-hydrogen) atoms. The second kappa shape index (κ2) is 10.6. The van der Waals surface area contributed by atoms with E-state index in [0.29, 0.717) is 6.42 Å². The monoisotopic (exact) mass is 342 g/mol. The number of alkyl halides is 3. The van der Waals surface area contributed by atoms with Crippen molar-refractivity contribution in [2.45, 2.75) is 70.2 Å². The first-order valence-electron chi connectivity index (χ1n) is 7.45. The SMILES string of the molecule is CCCCCCCCCC/C=C/C([O-])=N/S(=O)(=O)C(F)(F)F. The number of unbranched alkanes of at least 4 members (excludes halogenated alkanes) is 8. The first-order valence-corrected chi connectivity index (χ1v) is 8.89. The summed E-state index contributed by atoms with van der Waals surface area (Å²) in [5.74, 6) is -1.41. The number of nitrogens with zero attached hydrogens (tertiary/aromatic N) is 1. The minimum Gasteiger partial charge on any atom is -0.858 e. The molecule has 130 valence electrons. The second-order valence-corrected chi connectivity index (χ2v) is 6.61. The van der Waals surface area contributed by atoms with Crippen molar-refractivity contribution in [3.63, 3.8) is 0 Å². The lowest BCUT2D eigenvalue weighted by atomic mass is 10.1. The third kappa shape index (κ3) is 9.81. The molecule has 0 aromatic rings. The van der Waals surface area contributed by atoms with Crippen LogP contribution in [0, 0.1) is 0 Å². The molecule has 0 aliphatic heterocycles. The van der Waals surface area contributed by atoms with Gasteiger partial charge in [0, 0.05) is 5.90 Å². The maximum Gasteiger partial charge on any atom is 0.518 e. The predicted octanol–water partition coefficient (Wildman–Crippen LogP) is 3.68. The fraction of sp³-hybridized carbons (Fsp3) is 0.786. The average molecular weight is 342 g/mol. The van der Waals surface area contributed by atoms with E-state index in [9.17, 15) is 26.7 Å². The first kappa shape index (κ1) is 20.9. The van der Waals surface area contributed by atoms with Gasteiger partial charge in [-0.3, -0.25) is 0 Å². The fourth-order valence-corrected chi connectivity index (χ4v) is 2.18. The van der Waals surface area contributed by atoms with Gasteiger partial charge >= 0.3 is 15.5 Å². The molecule has 0 radical (unpaired) electrons. The molecule has 8 heteroatoms. The number of sulfonamides is 1. The standard InChI is InChI=1S/C14H24F3NO3S/c1-2-3-4-5-6-7-8-9-10-11-12-13(19)18-22(20,21)14(15,16)17/h11-12H,2-10H2,1H3,(H,18,19)/p-1/b12-11+. The van der Waals surface area contributed by atoms with Crippen LogP contribution in [0.25, 0.3) is 0 Å². The van der Waals surface area contributed by atoms with Gasteiger partial charge in [0.15, 0.2) is 0 Å². The number of hydrogen-bond acceptors (Lipinski definition) is 3. The van der Waals surface area contributed by atoms with Crippen molar-refractivity contribution >= 4 is 15.9 Å². The van der Waals surface area contributed by atoms with Gasteiger partial charge in [-0.05, 0) is 12.8 Å². The molecule has 0 bridgehead atoms. The van der Waals surface area contributed by atoms with Gasteiger partial charge < -0.3 is 5.11 Å². The molecular formula is C14H23F3NO3S-. The number of rotatable bonds is 11. The third-order valence-corrected chi connectivity index (χ3v) is 3.99. The largest absolute Gasteiger partial charge is 0.858 e. The van der Waals surface area contributed by atoms with Crippen LogP contribution in [0.15, 0.2) is 16.5 Å². The predicted molar refractivity (Wildman–Crippen MR) is 78.8 cm³/mol. The Hall–Kier alpha value is -1.05. The molecule has 0 rings (SSSR count).